The Bertz CT molecular complexity index is 172. The second-order valence-corrected chi connectivity index (χ2v) is 5.51. The van der Waals surface area contributed by atoms with Crippen LogP contribution < -0.4 is 5.73 Å². The topological polar surface area (TPSA) is 35.2 Å². The summed E-state index contributed by atoms with van der Waals surface area (Å²) in [6.45, 7) is 3.12. The van der Waals surface area contributed by atoms with Crippen molar-refractivity contribution in [1.29, 1.82) is 0 Å². The minimum Gasteiger partial charge on any atom is -0.377 e. The summed E-state index contributed by atoms with van der Waals surface area (Å²) in [5, 5.41) is 0.699. The largest absolute Gasteiger partial charge is 0.377 e. The lowest BCUT2D eigenvalue weighted by molar-refractivity contribution is 0.127. The van der Waals surface area contributed by atoms with Crippen LogP contribution in [0.3, 0.4) is 0 Å². The summed E-state index contributed by atoms with van der Waals surface area (Å²) >= 11 is 2.02. The van der Waals surface area contributed by atoms with Gasteiger partial charge in [0.1, 0.15) is 0 Å². The molecule has 2 fully saturated rings. The number of rotatable bonds is 4. The summed E-state index contributed by atoms with van der Waals surface area (Å²) in [6, 6.07) is 0.442. The number of hydrogen-bond donors (Lipinski definition) is 1. The van der Waals surface area contributed by atoms with Crippen molar-refractivity contribution in [3.8, 4) is 0 Å². The Labute approximate surface area is 84.6 Å². The molecule has 0 aromatic heterocycles. The van der Waals surface area contributed by atoms with Crippen LogP contribution in [0.2, 0.25) is 0 Å². The minimum absolute atomic E-state index is 0.441. The summed E-state index contributed by atoms with van der Waals surface area (Å²) < 4.78 is 5.51. The van der Waals surface area contributed by atoms with Crippen molar-refractivity contribution in [2.75, 3.05) is 12.4 Å². The first-order valence-electron chi connectivity index (χ1n) is 5.26. The van der Waals surface area contributed by atoms with Crippen LogP contribution >= 0.6 is 11.8 Å². The zero-order chi connectivity index (χ0) is 9.26. The van der Waals surface area contributed by atoms with Gasteiger partial charge in [-0.15, -0.1) is 0 Å². The van der Waals surface area contributed by atoms with Gasteiger partial charge >= 0.3 is 0 Å². The van der Waals surface area contributed by atoms with Crippen molar-refractivity contribution >= 4 is 11.8 Å². The predicted octanol–water partition coefficient (Wildman–Crippen LogP) is 1.63. The van der Waals surface area contributed by atoms with E-state index in [-0.39, 0.29) is 0 Å². The maximum atomic E-state index is 6.04. The Hall–Kier alpha value is 0.270. The van der Waals surface area contributed by atoms with Crippen LogP contribution in [0.15, 0.2) is 0 Å². The average Bonchev–Trinajstić information content (AvgIpc) is 2.88. The Balaban J connectivity index is 1.66. The zero-order valence-corrected chi connectivity index (χ0v) is 9.06. The maximum absolute atomic E-state index is 6.04. The maximum Gasteiger partial charge on any atom is 0.0666 e. The van der Waals surface area contributed by atoms with Crippen molar-refractivity contribution in [3.05, 3.63) is 0 Å². The van der Waals surface area contributed by atoms with Gasteiger partial charge in [-0.25, -0.2) is 0 Å². The molecule has 76 valence electrons. The number of nitrogens with two attached hydrogens (primary N) is 1. The first-order valence-corrected chi connectivity index (χ1v) is 6.31. The van der Waals surface area contributed by atoms with Gasteiger partial charge in [0, 0.05) is 23.7 Å². The van der Waals surface area contributed by atoms with Crippen LogP contribution in [0.1, 0.15) is 26.2 Å². The highest BCUT2D eigenvalue weighted by Gasteiger charge is 2.30. The summed E-state index contributed by atoms with van der Waals surface area (Å²) in [4.78, 5) is 0. The molecule has 2 N–H and O–H groups in total. The minimum atomic E-state index is 0.441. The molecule has 0 bridgehead atoms. The molecule has 13 heavy (non-hydrogen) atoms. The molecule has 0 aromatic carbocycles. The van der Waals surface area contributed by atoms with E-state index in [0.717, 1.165) is 18.3 Å². The second kappa shape index (κ2) is 4.20. The molecular weight excluding hydrogens is 182 g/mol. The second-order valence-electron chi connectivity index (χ2n) is 4.24. The molecule has 2 nitrogen and oxygen atoms in total. The van der Waals surface area contributed by atoms with Gasteiger partial charge in [0.2, 0.25) is 0 Å². The fourth-order valence-corrected chi connectivity index (χ4v) is 3.18. The Morgan fingerprint density at radius 3 is 2.77 bits per heavy atom. The van der Waals surface area contributed by atoms with Crippen molar-refractivity contribution < 1.29 is 4.74 Å². The Morgan fingerprint density at radius 1 is 1.46 bits per heavy atom. The van der Waals surface area contributed by atoms with Gasteiger partial charge in [0.25, 0.3) is 0 Å². The molecule has 3 unspecified atom stereocenters. The molecule has 0 aromatic rings. The number of thioether (sulfide) groups is 1. The van der Waals surface area contributed by atoms with Gasteiger partial charge < -0.3 is 10.5 Å². The van der Waals surface area contributed by atoms with E-state index in [1.807, 2.05) is 11.8 Å². The van der Waals surface area contributed by atoms with Crippen LogP contribution in [0.25, 0.3) is 0 Å². The summed E-state index contributed by atoms with van der Waals surface area (Å²) in [5.74, 6) is 1.97. The SMILES string of the molecule is CC1OCCC1SCC(N)C1CC1. The highest BCUT2D eigenvalue weighted by molar-refractivity contribution is 8.00. The molecule has 0 amide bonds. The van der Waals surface area contributed by atoms with Crippen molar-refractivity contribution in [3.63, 3.8) is 0 Å². The van der Waals surface area contributed by atoms with Gasteiger partial charge in [0.05, 0.1) is 6.10 Å². The van der Waals surface area contributed by atoms with E-state index in [4.69, 9.17) is 10.5 Å². The zero-order valence-electron chi connectivity index (χ0n) is 8.24. The van der Waals surface area contributed by atoms with E-state index in [9.17, 15) is 0 Å². The first-order chi connectivity index (χ1) is 6.27. The van der Waals surface area contributed by atoms with Crippen LogP contribution in [-0.4, -0.2) is 29.8 Å². The highest BCUT2D eigenvalue weighted by Crippen LogP contribution is 2.35. The van der Waals surface area contributed by atoms with E-state index in [2.05, 4.69) is 6.92 Å². The molecule has 1 saturated heterocycles. The molecule has 3 heteroatoms. The van der Waals surface area contributed by atoms with Gasteiger partial charge in [0.15, 0.2) is 0 Å². The standard InChI is InChI=1S/C10H19NOS/c1-7-10(4-5-12-7)13-6-9(11)8-2-3-8/h7-10H,2-6,11H2,1H3. The summed E-state index contributed by atoms with van der Waals surface area (Å²) in [5.41, 5.74) is 6.04. The van der Waals surface area contributed by atoms with Gasteiger partial charge in [-0.05, 0) is 32.1 Å². The van der Waals surface area contributed by atoms with Crippen molar-refractivity contribution in [2.45, 2.75) is 43.6 Å². The van der Waals surface area contributed by atoms with Gasteiger partial charge in [-0.3, -0.25) is 0 Å². The molecule has 1 aliphatic heterocycles. The van der Waals surface area contributed by atoms with E-state index >= 15 is 0 Å². The molecule has 2 rings (SSSR count). The predicted molar refractivity (Wildman–Crippen MR) is 57.0 cm³/mol. The Morgan fingerprint density at radius 2 is 2.23 bits per heavy atom. The molecule has 3 atom stereocenters. The molecule has 0 radical (unpaired) electrons. The van der Waals surface area contributed by atoms with Crippen LogP contribution in [0, 0.1) is 5.92 Å². The third-order valence-corrected chi connectivity index (χ3v) is 4.66. The molecular formula is C10H19NOS. The summed E-state index contributed by atoms with van der Waals surface area (Å²) in [7, 11) is 0. The first kappa shape index (κ1) is 9.81. The van der Waals surface area contributed by atoms with Crippen LogP contribution in [0.5, 0.6) is 0 Å². The van der Waals surface area contributed by atoms with Crippen LogP contribution in [-0.2, 0) is 4.74 Å². The fourth-order valence-electron chi connectivity index (χ4n) is 1.83. The molecule has 1 aliphatic carbocycles. The average molecular weight is 201 g/mol. The highest BCUT2D eigenvalue weighted by atomic mass is 32.2. The lowest BCUT2D eigenvalue weighted by atomic mass is 10.2. The van der Waals surface area contributed by atoms with E-state index in [0.29, 0.717) is 17.4 Å². The van der Waals surface area contributed by atoms with E-state index < -0.39 is 0 Å². The monoisotopic (exact) mass is 201 g/mol. The van der Waals surface area contributed by atoms with E-state index in [1.165, 1.54) is 19.3 Å². The lowest BCUT2D eigenvalue weighted by Crippen LogP contribution is -2.27. The number of hydrogen-bond acceptors (Lipinski definition) is 3. The van der Waals surface area contributed by atoms with Gasteiger partial charge in [-0.2, -0.15) is 11.8 Å². The quantitative estimate of drug-likeness (QED) is 0.751. The third kappa shape index (κ3) is 2.61. The Kier molecular flexibility index (Phi) is 3.17. The molecule has 0 spiro atoms. The van der Waals surface area contributed by atoms with Gasteiger partial charge in [-0.1, -0.05) is 0 Å². The van der Waals surface area contributed by atoms with E-state index in [1.54, 1.807) is 0 Å². The molecule has 2 aliphatic rings. The third-order valence-electron chi connectivity index (χ3n) is 3.04. The lowest BCUT2D eigenvalue weighted by Gasteiger charge is -2.16. The van der Waals surface area contributed by atoms with Crippen molar-refractivity contribution in [2.24, 2.45) is 11.7 Å². The summed E-state index contributed by atoms with van der Waals surface area (Å²) in [6.07, 6.45) is 4.37. The molecule has 1 heterocycles. The smallest absolute Gasteiger partial charge is 0.0666 e. The molecule has 1 saturated carbocycles. The van der Waals surface area contributed by atoms with Crippen molar-refractivity contribution in [1.82, 2.24) is 0 Å². The normalized spacial score (nSPS) is 36.5. The fraction of sp³-hybridized carbons (Fsp3) is 1.00. The van der Waals surface area contributed by atoms with Crippen LogP contribution in [0.4, 0.5) is 0 Å². The number of ether oxygens (including phenoxy) is 1.